The van der Waals surface area contributed by atoms with Gasteiger partial charge in [-0.2, -0.15) is 0 Å². The first-order valence-electron chi connectivity index (χ1n) is 10.1. The molecule has 0 nitrogen and oxygen atoms in total. The molecular weight excluding hydrogens is 252 g/mol. The van der Waals surface area contributed by atoms with Crippen molar-refractivity contribution in [1.29, 1.82) is 0 Å². The fourth-order valence-electron chi connectivity index (χ4n) is 8.02. The van der Waals surface area contributed by atoms with Crippen molar-refractivity contribution in [3.05, 3.63) is 0 Å². The first kappa shape index (κ1) is 14.6. The van der Waals surface area contributed by atoms with Gasteiger partial charge in [0.15, 0.2) is 0 Å². The van der Waals surface area contributed by atoms with Crippen molar-refractivity contribution in [2.24, 2.45) is 40.4 Å². The minimum absolute atomic E-state index is 0.721. The zero-order chi connectivity index (χ0) is 14.7. The van der Waals surface area contributed by atoms with Crippen molar-refractivity contribution in [2.75, 3.05) is 0 Å². The van der Waals surface area contributed by atoms with Crippen molar-refractivity contribution < 1.29 is 0 Å². The predicted octanol–water partition coefficient (Wildman–Crippen LogP) is 6.45. The lowest BCUT2D eigenvalue weighted by molar-refractivity contribution is -0.119. The molecule has 0 aliphatic heterocycles. The number of rotatable bonds is 0. The first-order chi connectivity index (χ1) is 10.1. The topological polar surface area (TPSA) is 0 Å². The summed E-state index contributed by atoms with van der Waals surface area (Å²) in [7, 11) is 0. The molecule has 0 saturated heterocycles. The van der Waals surface area contributed by atoms with Crippen LogP contribution in [0.4, 0.5) is 0 Å². The fraction of sp³-hybridized carbons (Fsp3) is 1.00. The quantitative estimate of drug-likeness (QED) is 0.481. The maximum Gasteiger partial charge on any atom is -0.0243 e. The second kappa shape index (κ2) is 5.00. The van der Waals surface area contributed by atoms with Crippen LogP contribution in [0.5, 0.6) is 0 Å². The Kier molecular flexibility index (Phi) is 3.47. The summed E-state index contributed by atoms with van der Waals surface area (Å²) in [6.45, 7) is 7.96. The highest BCUT2D eigenvalue weighted by Gasteiger charge is 2.57. The van der Waals surface area contributed by atoms with E-state index in [9.17, 15) is 0 Å². The molecule has 4 fully saturated rings. The van der Waals surface area contributed by atoms with Crippen LogP contribution < -0.4 is 0 Å². The molecule has 0 aromatic heterocycles. The van der Waals surface area contributed by atoms with Crippen LogP contribution in [-0.2, 0) is 0 Å². The Morgan fingerprint density at radius 3 is 2.38 bits per heavy atom. The van der Waals surface area contributed by atoms with E-state index >= 15 is 0 Å². The van der Waals surface area contributed by atoms with Crippen molar-refractivity contribution in [3.8, 4) is 0 Å². The molecule has 0 heteroatoms. The van der Waals surface area contributed by atoms with Gasteiger partial charge in [0, 0.05) is 0 Å². The summed E-state index contributed by atoms with van der Waals surface area (Å²) in [5.41, 5.74) is 1.47. The van der Waals surface area contributed by atoms with E-state index in [4.69, 9.17) is 0 Å². The van der Waals surface area contributed by atoms with E-state index < -0.39 is 0 Å². The fourth-order valence-corrected chi connectivity index (χ4v) is 8.02. The molecule has 4 aliphatic carbocycles. The molecule has 4 rings (SSSR count). The predicted molar refractivity (Wildman–Crippen MR) is 90.1 cm³/mol. The second-order valence-corrected chi connectivity index (χ2v) is 9.65. The van der Waals surface area contributed by atoms with Gasteiger partial charge in [0.05, 0.1) is 0 Å². The summed E-state index contributed by atoms with van der Waals surface area (Å²) < 4.78 is 0. The van der Waals surface area contributed by atoms with E-state index in [2.05, 4.69) is 20.8 Å². The van der Waals surface area contributed by atoms with Gasteiger partial charge in [-0.3, -0.25) is 0 Å². The third-order valence-electron chi connectivity index (χ3n) is 9.39. The molecule has 1 spiro atoms. The molecule has 0 heterocycles. The van der Waals surface area contributed by atoms with Crippen LogP contribution in [0.15, 0.2) is 0 Å². The molecule has 4 aliphatic rings. The first-order valence-corrected chi connectivity index (χ1v) is 10.1. The molecule has 7 atom stereocenters. The van der Waals surface area contributed by atoms with E-state index in [-0.39, 0.29) is 0 Å². The highest BCUT2D eigenvalue weighted by molar-refractivity contribution is 5.07. The number of hydrogen-bond acceptors (Lipinski definition) is 0. The lowest BCUT2D eigenvalue weighted by atomic mass is 9.44. The van der Waals surface area contributed by atoms with Crippen LogP contribution in [0.3, 0.4) is 0 Å². The molecule has 4 saturated carbocycles. The molecule has 0 bridgehead atoms. The summed E-state index contributed by atoms with van der Waals surface area (Å²) in [5, 5.41) is 0. The summed E-state index contributed by atoms with van der Waals surface area (Å²) in [4.78, 5) is 0. The third-order valence-corrected chi connectivity index (χ3v) is 9.39. The van der Waals surface area contributed by atoms with E-state index in [1.165, 1.54) is 25.7 Å². The Morgan fingerprint density at radius 1 is 0.762 bits per heavy atom. The van der Waals surface area contributed by atoms with Crippen LogP contribution >= 0.6 is 0 Å². The Hall–Kier alpha value is 0. The van der Waals surface area contributed by atoms with Gasteiger partial charge in [0.1, 0.15) is 0 Å². The lowest BCUT2D eigenvalue weighted by Gasteiger charge is -2.61. The highest BCUT2D eigenvalue weighted by atomic mass is 14.6. The maximum atomic E-state index is 2.70. The van der Waals surface area contributed by atoms with Crippen molar-refractivity contribution >= 4 is 0 Å². The van der Waals surface area contributed by atoms with Crippen LogP contribution in [0.2, 0.25) is 0 Å². The number of hydrogen-bond donors (Lipinski definition) is 0. The Bertz CT molecular complexity index is 399. The van der Waals surface area contributed by atoms with Gasteiger partial charge in [0.2, 0.25) is 0 Å². The van der Waals surface area contributed by atoms with Gasteiger partial charge in [-0.15, -0.1) is 0 Å². The molecule has 7 unspecified atom stereocenters. The summed E-state index contributed by atoms with van der Waals surface area (Å²) in [6.07, 6.45) is 17.0. The van der Waals surface area contributed by atoms with Crippen LogP contribution in [0.25, 0.3) is 0 Å². The summed E-state index contributed by atoms with van der Waals surface area (Å²) >= 11 is 0. The van der Waals surface area contributed by atoms with Gasteiger partial charge >= 0.3 is 0 Å². The minimum Gasteiger partial charge on any atom is -0.0620 e. The van der Waals surface area contributed by atoms with E-state index in [1.807, 2.05) is 0 Å². The van der Waals surface area contributed by atoms with Gasteiger partial charge in [-0.1, -0.05) is 46.5 Å². The maximum absolute atomic E-state index is 2.70. The average molecular weight is 289 g/mol. The zero-order valence-corrected chi connectivity index (χ0v) is 14.7. The van der Waals surface area contributed by atoms with E-state index in [1.54, 1.807) is 44.9 Å². The van der Waals surface area contributed by atoms with E-state index in [0.717, 1.165) is 40.4 Å². The normalized spacial score (nSPS) is 57.0. The van der Waals surface area contributed by atoms with Crippen molar-refractivity contribution in [1.82, 2.24) is 0 Å². The molecule has 120 valence electrons. The molecule has 21 heavy (non-hydrogen) atoms. The molecule has 0 amide bonds. The highest BCUT2D eigenvalue weighted by Crippen LogP contribution is 2.66. The molecular formula is C21H36. The zero-order valence-electron chi connectivity index (χ0n) is 14.7. The largest absolute Gasteiger partial charge is 0.0620 e. The minimum atomic E-state index is 0.721. The molecule has 0 radical (unpaired) electrons. The standard InChI is InChI=1S/C21H36/c1-15-7-6-13-21(15)14-11-19-18(16(21)2)10-9-17-8-4-5-12-20(17,19)3/h15-19H,4-14H2,1-3H3. The monoisotopic (exact) mass is 288 g/mol. The summed E-state index contributed by atoms with van der Waals surface area (Å²) in [5.74, 6) is 5.23. The van der Waals surface area contributed by atoms with Gasteiger partial charge in [-0.25, -0.2) is 0 Å². The number of fused-ring (bicyclic) bond motifs is 3. The van der Waals surface area contributed by atoms with Crippen LogP contribution in [0, 0.1) is 40.4 Å². The van der Waals surface area contributed by atoms with Gasteiger partial charge < -0.3 is 0 Å². The lowest BCUT2D eigenvalue weighted by Crippen LogP contribution is -2.53. The van der Waals surface area contributed by atoms with Crippen LogP contribution in [0.1, 0.15) is 91.4 Å². The molecule has 0 aromatic rings. The molecule has 0 N–H and O–H groups in total. The smallest absolute Gasteiger partial charge is 0.0243 e. The van der Waals surface area contributed by atoms with Gasteiger partial charge in [0.25, 0.3) is 0 Å². The Morgan fingerprint density at radius 2 is 1.62 bits per heavy atom. The van der Waals surface area contributed by atoms with Gasteiger partial charge in [-0.05, 0) is 85.4 Å². The second-order valence-electron chi connectivity index (χ2n) is 9.65. The average Bonchev–Trinajstić information content (AvgIpc) is 2.84. The third kappa shape index (κ3) is 1.93. The van der Waals surface area contributed by atoms with Crippen molar-refractivity contribution in [2.45, 2.75) is 91.4 Å². The van der Waals surface area contributed by atoms with Crippen LogP contribution in [-0.4, -0.2) is 0 Å². The van der Waals surface area contributed by atoms with E-state index in [0.29, 0.717) is 0 Å². The van der Waals surface area contributed by atoms with Crippen molar-refractivity contribution in [3.63, 3.8) is 0 Å². The Labute approximate surface area is 132 Å². The Balaban J connectivity index is 1.62. The molecule has 0 aromatic carbocycles. The summed E-state index contributed by atoms with van der Waals surface area (Å²) in [6, 6.07) is 0. The SMILES string of the molecule is CC1CCCC12CCC1C(CCC3CCCCC31C)C2C.